The second-order valence-corrected chi connectivity index (χ2v) is 8.42. The van der Waals surface area contributed by atoms with Crippen molar-refractivity contribution in [1.29, 1.82) is 0 Å². The van der Waals surface area contributed by atoms with Crippen molar-refractivity contribution in [3.63, 3.8) is 0 Å². The van der Waals surface area contributed by atoms with E-state index in [1.807, 2.05) is 42.5 Å². The molecule has 3 rings (SSSR count). The number of aryl methyl sites for hydroxylation is 1. The second kappa shape index (κ2) is 7.41. The minimum absolute atomic E-state index is 0.0675. The fraction of sp³-hybridized carbons (Fsp3) is 0.389. The molecule has 0 aromatic heterocycles. The van der Waals surface area contributed by atoms with Crippen LogP contribution in [-0.4, -0.2) is 48.8 Å². The van der Waals surface area contributed by atoms with E-state index in [9.17, 15) is 13.2 Å². The Morgan fingerprint density at radius 1 is 1.12 bits per heavy atom. The van der Waals surface area contributed by atoms with Gasteiger partial charge in [-0.25, -0.2) is 17.5 Å². The summed E-state index contributed by atoms with van der Waals surface area (Å²) in [6, 6.07) is 13.7. The highest BCUT2D eigenvalue weighted by molar-refractivity contribution is 7.89. The minimum Gasteiger partial charge on any atom is -0.465 e. The largest absolute Gasteiger partial charge is 0.465 e. The Bertz CT molecular complexity index is 853. The summed E-state index contributed by atoms with van der Waals surface area (Å²) < 4.78 is 26.7. The van der Waals surface area contributed by atoms with Crippen LogP contribution in [0.3, 0.4) is 0 Å². The van der Waals surface area contributed by atoms with Gasteiger partial charge in [0.05, 0.1) is 5.75 Å². The predicted octanol–water partition coefficient (Wildman–Crippen LogP) is 2.44. The number of amides is 1. The Labute approximate surface area is 147 Å². The normalized spacial score (nSPS) is 16.8. The van der Waals surface area contributed by atoms with E-state index in [2.05, 4.69) is 5.32 Å². The summed E-state index contributed by atoms with van der Waals surface area (Å²) in [5.41, 5.74) is 1.03. The maximum Gasteiger partial charge on any atom is 0.404 e. The number of carbonyl (C=O) groups is 1. The molecule has 2 aromatic carbocycles. The Hall–Kier alpha value is -2.12. The van der Waals surface area contributed by atoms with Crippen molar-refractivity contribution < 1.29 is 18.3 Å². The standard InChI is InChI=1S/C18H22N2O4S/c21-18(22)19-16-8-11-20(12-9-16)25(23,24)13-10-15-6-3-5-14-4-1-2-7-17(14)15/h1-7,16,19H,8-13H2,(H,21,22). The highest BCUT2D eigenvalue weighted by atomic mass is 32.2. The lowest BCUT2D eigenvalue weighted by Crippen LogP contribution is -2.46. The van der Waals surface area contributed by atoms with E-state index in [4.69, 9.17) is 5.11 Å². The van der Waals surface area contributed by atoms with Crippen molar-refractivity contribution in [2.45, 2.75) is 25.3 Å². The maximum atomic E-state index is 12.6. The number of nitrogens with one attached hydrogen (secondary N) is 1. The monoisotopic (exact) mass is 362 g/mol. The van der Waals surface area contributed by atoms with Crippen LogP contribution in [0.4, 0.5) is 4.79 Å². The number of hydrogen-bond donors (Lipinski definition) is 2. The molecular weight excluding hydrogens is 340 g/mol. The maximum absolute atomic E-state index is 12.6. The SMILES string of the molecule is O=C(O)NC1CCN(S(=O)(=O)CCc2cccc3ccccc23)CC1. The zero-order chi connectivity index (χ0) is 17.9. The third kappa shape index (κ3) is 4.29. The molecule has 6 nitrogen and oxygen atoms in total. The number of hydrogen-bond acceptors (Lipinski definition) is 3. The van der Waals surface area contributed by atoms with Gasteiger partial charge in [-0.3, -0.25) is 0 Å². The zero-order valence-corrected chi connectivity index (χ0v) is 14.7. The van der Waals surface area contributed by atoms with Gasteiger partial charge in [0.1, 0.15) is 0 Å². The van der Waals surface area contributed by atoms with Gasteiger partial charge in [0.2, 0.25) is 10.0 Å². The van der Waals surface area contributed by atoms with Crippen molar-refractivity contribution in [2.75, 3.05) is 18.8 Å². The van der Waals surface area contributed by atoms with Crippen LogP contribution in [0, 0.1) is 0 Å². The molecule has 0 saturated carbocycles. The zero-order valence-electron chi connectivity index (χ0n) is 13.9. The van der Waals surface area contributed by atoms with Gasteiger partial charge in [0, 0.05) is 19.1 Å². The number of rotatable bonds is 5. The van der Waals surface area contributed by atoms with E-state index >= 15 is 0 Å². The molecule has 25 heavy (non-hydrogen) atoms. The molecule has 1 aliphatic heterocycles. The number of fused-ring (bicyclic) bond motifs is 1. The van der Waals surface area contributed by atoms with Gasteiger partial charge in [0.15, 0.2) is 0 Å². The number of benzene rings is 2. The van der Waals surface area contributed by atoms with Crippen LogP contribution in [0.1, 0.15) is 18.4 Å². The molecule has 1 saturated heterocycles. The van der Waals surface area contributed by atoms with E-state index in [0.717, 1.165) is 16.3 Å². The van der Waals surface area contributed by atoms with Crippen LogP contribution in [0.5, 0.6) is 0 Å². The lowest BCUT2D eigenvalue weighted by Gasteiger charge is -2.31. The molecule has 134 valence electrons. The summed E-state index contributed by atoms with van der Waals surface area (Å²) in [5.74, 6) is 0.0675. The summed E-state index contributed by atoms with van der Waals surface area (Å²) in [7, 11) is -3.34. The Morgan fingerprint density at radius 3 is 2.52 bits per heavy atom. The van der Waals surface area contributed by atoms with Crippen LogP contribution >= 0.6 is 0 Å². The van der Waals surface area contributed by atoms with Gasteiger partial charge in [-0.2, -0.15) is 0 Å². The van der Waals surface area contributed by atoms with Gasteiger partial charge in [-0.05, 0) is 35.6 Å². The summed E-state index contributed by atoms with van der Waals surface area (Å²) in [6.45, 7) is 0.728. The molecule has 1 heterocycles. The van der Waals surface area contributed by atoms with Crippen molar-refractivity contribution >= 4 is 26.9 Å². The van der Waals surface area contributed by atoms with Crippen molar-refractivity contribution in [1.82, 2.24) is 9.62 Å². The highest BCUT2D eigenvalue weighted by Gasteiger charge is 2.28. The van der Waals surface area contributed by atoms with Crippen molar-refractivity contribution in [3.05, 3.63) is 48.0 Å². The minimum atomic E-state index is -3.34. The molecule has 0 unspecified atom stereocenters. The second-order valence-electron chi connectivity index (χ2n) is 6.33. The smallest absolute Gasteiger partial charge is 0.404 e. The molecule has 1 aliphatic rings. The summed E-state index contributed by atoms with van der Waals surface area (Å²) in [4.78, 5) is 10.7. The van der Waals surface area contributed by atoms with Crippen molar-refractivity contribution in [2.24, 2.45) is 0 Å². The quantitative estimate of drug-likeness (QED) is 0.855. The first-order valence-electron chi connectivity index (χ1n) is 8.39. The summed E-state index contributed by atoms with van der Waals surface area (Å²) in [5, 5.41) is 13.4. The fourth-order valence-corrected chi connectivity index (χ4v) is 4.83. The molecule has 0 aliphatic carbocycles. The fourth-order valence-electron chi connectivity index (χ4n) is 3.33. The van der Waals surface area contributed by atoms with Crippen LogP contribution < -0.4 is 5.32 Å². The molecular formula is C18H22N2O4S. The number of sulfonamides is 1. The molecule has 1 amide bonds. The molecule has 0 spiro atoms. The first-order chi connectivity index (χ1) is 12.0. The van der Waals surface area contributed by atoms with Gasteiger partial charge in [0.25, 0.3) is 0 Å². The molecule has 0 radical (unpaired) electrons. The predicted molar refractivity (Wildman–Crippen MR) is 97.2 cm³/mol. The van der Waals surface area contributed by atoms with E-state index in [0.29, 0.717) is 32.4 Å². The third-order valence-electron chi connectivity index (χ3n) is 4.68. The van der Waals surface area contributed by atoms with Crippen LogP contribution in [-0.2, 0) is 16.4 Å². The molecule has 0 bridgehead atoms. The third-order valence-corrected chi connectivity index (χ3v) is 6.56. The average Bonchev–Trinajstić information content (AvgIpc) is 2.60. The average molecular weight is 362 g/mol. The van der Waals surface area contributed by atoms with Crippen LogP contribution in [0.15, 0.2) is 42.5 Å². The van der Waals surface area contributed by atoms with E-state index in [1.165, 1.54) is 4.31 Å². The first-order valence-corrected chi connectivity index (χ1v) is 10.0. The van der Waals surface area contributed by atoms with Gasteiger partial charge < -0.3 is 10.4 Å². The van der Waals surface area contributed by atoms with E-state index in [1.54, 1.807) is 0 Å². The van der Waals surface area contributed by atoms with Crippen LogP contribution in [0.2, 0.25) is 0 Å². The Kier molecular flexibility index (Phi) is 5.24. The summed E-state index contributed by atoms with van der Waals surface area (Å²) >= 11 is 0. The van der Waals surface area contributed by atoms with Crippen molar-refractivity contribution in [3.8, 4) is 0 Å². The molecule has 0 atom stereocenters. The van der Waals surface area contributed by atoms with Crippen LogP contribution in [0.25, 0.3) is 10.8 Å². The van der Waals surface area contributed by atoms with E-state index < -0.39 is 16.1 Å². The number of carboxylic acid groups (broad SMARTS) is 1. The van der Waals surface area contributed by atoms with Gasteiger partial charge >= 0.3 is 6.09 Å². The highest BCUT2D eigenvalue weighted by Crippen LogP contribution is 2.21. The number of nitrogens with zero attached hydrogens (tertiary/aromatic N) is 1. The van der Waals surface area contributed by atoms with Gasteiger partial charge in [-0.15, -0.1) is 0 Å². The summed E-state index contributed by atoms with van der Waals surface area (Å²) in [6.07, 6.45) is 0.439. The number of piperidine rings is 1. The lowest BCUT2D eigenvalue weighted by atomic mass is 10.0. The lowest BCUT2D eigenvalue weighted by molar-refractivity contribution is 0.183. The van der Waals surface area contributed by atoms with Gasteiger partial charge in [-0.1, -0.05) is 42.5 Å². The molecule has 2 N–H and O–H groups in total. The van der Waals surface area contributed by atoms with E-state index in [-0.39, 0.29) is 11.8 Å². The Morgan fingerprint density at radius 2 is 1.80 bits per heavy atom. The molecule has 1 fully saturated rings. The Balaban J connectivity index is 1.63. The first kappa shape index (κ1) is 17.7. The molecule has 2 aromatic rings. The molecule has 7 heteroatoms. The topological polar surface area (TPSA) is 86.7 Å².